The smallest absolute Gasteiger partial charge is 0.348 e. The highest BCUT2D eigenvalue weighted by atomic mass is 16.5. The molecule has 26 heavy (non-hydrogen) atoms. The molecule has 0 amide bonds. The summed E-state index contributed by atoms with van der Waals surface area (Å²) < 4.78 is 5.96. The number of ether oxygens (including phenoxy) is 1. The number of aliphatic carboxylic acids is 1. The lowest BCUT2D eigenvalue weighted by atomic mass is 9.86. The molecule has 0 bridgehead atoms. The van der Waals surface area contributed by atoms with Crippen LogP contribution in [0.15, 0.2) is 24.3 Å². The molecule has 0 aromatic heterocycles. The molecular weight excluding hydrogens is 330 g/mol. The van der Waals surface area contributed by atoms with Gasteiger partial charge in [0.05, 0.1) is 0 Å². The monoisotopic (exact) mass is 359 g/mol. The molecule has 1 N–H and O–H groups in total. The summed E-state index contributed by atoms with van der Waals surface area (Å²) >= 11 is 0. The van der Waals surface area contributed by atoms with Crippen LogP contribution in [-0.4, -0.2) is 47.0 Å². The molecule has 5 nitrogen and oxygen atoms in total. The predicted molar refractivity (Wildman–Crippen MR) is 99.7 cm³/mol. The minimum Gasteiger partial charge on any atom is -0.478 e. The van der Waals surface area contributed by atoms with Gasteiger partial charge in [-0.05, 0) is 37.8 Å². The molecule has 2 fully saturated rings. The largest absolute Gasteiger partial charge is 0.478 e. The second-order valence-electron chi connectivity index (χ2n) is 7.79. The molecule has 142 valence electrons. The molecule has 0 radical (unpaired) electrons. The lowest BCUT2D eigenvalue weighted by molar-refractivity contribution is -0.159. The molecule has 5 heteroatoms. The number of carboxylic acid groups (broad SMARTS) is 1. The number of likely N-dealkylation sites (tertiary alicyclic amines) is 1. The zero-order chi connectivity index (χ0) is 18.6. The van der Waals surface area contributed by atoms with Crippen LogP contribution in [0.1, 0.15) is 62.2 Å². The Balaban J connectivity index is 1.63. The normalized spacial score (nSPS) is 21.3. The Morgan fingerprint density at radius 3 is 2.50 bits per heavy atom. The number of nitrogens with zero attached hydrogens (tertiary/aromatic N) is 1. The minimum atomic E-state index is -1.20. The highest BCUT2D eigenvalue weighted by Gasteiger charge is 2.44. The minimum absolute atomic E-state index is 0.0536. The molecule has 1 heterocycles. The number of ketones is 1. The molecule has 1 aliphatic heterocycles. The zero-order valence-corrected chi connectivity index (χ0v) is 15.6. The molecule has 0 atom stereocenters. The van der Waals surface area contributed by atoms with E-state index in [0.717, 1.165) is 25.6 Å². The van der Waals surface area contributed by atoms with E-state index in [9.17, 15) is 14.7 Å². The average Bonchev–Trinajstić information content (AvgIpc) is 2.64. The maximum absolute atomic E-state index is 12.0. The number of carbonyl (C=O) groups excluding carboxylic acids is 1. The van der Waals surface area contributed by atoms with E-state index in [0.29, 0.717) is 24.2 Å². The van der Waals surface area contributed by atoms with Gasteiger partial charge in [-0.25, -0.2) is 4.79 Å². The molecule has 3 rings (SSSR count). The number of carboxylic acids is 1. The lowest BCUT2D eigenvalue weighted by Gasteiger charge is -2.40. The van der Waals surface area contributed by atoms with Gasteiger partial charge in [-0.1, -0.05) is 31.4 Å². The standard InChI is InChI=1S/C21H29NO4/c1-16(23)18-8-5-9-19(14-18)26-21(20(24)25)10-12-22(13-11-21)15-17-6-3-2-4-7-17/h5,8-9,14,17H,2-4,6-7,10-13,15H2,1H3,(H,24,25). The Morgan fingerprint density at radius 1 is 1.19 bits per heavy atom. The van der Waals surface area contributed by atoms with E-state index < -0.39 is 11.6 Å². The number of hydrogen-bond donors (Lipinski definition) is 1. The van der Waals surface area contributed by atoms with E-state index in [2.05, 4.69) is 4.90 Å². The molecule has 1 aromatic rings. The van der Waals surface area contributed by atoms with E-state index in [1.165, 1.54) is 39.0 Å². The Kier molecular flexibility index (Phi) is 5.97. The fourth-order valence-corrected chi connectivity index (χ4v) is 4.20. The van der Waals surface area contributed by atoms with Crippen molar-refractivity contribution in [3.63, 3.8) is 0 Å². The van der Waals surface area contributed by atoms with Gasteiger partial charge in [-0.15, -0.1) is 0 Å². The molecular formula is C21H29NO4. The Morgan fingerprint density at radius 2 is 1.88 bits per heavy atom. The third-order valence-electron chi connectivity index (χ3n) is 5.85. The number of Topliss-reactive ketones (excluding diaryl/α,β-unsaturated/α-hetero) is 1. The third kappa shape index (κ3) is 4.44. The van der Waals surface area contributed by atoms with Gasteiger partial charge >= 0.3 is 5.97 Å². The van der Waals surface area contributed by atoms with Crippen LogP contribution in [0, 0.1) is 5.92 Å². The van der Waals surface area contributed by atoms with Gasteiger partial charge in [0.1, 0.15) is 5.75 Å². The summed E-state index contributed by atoms with van der Waals surface area (Å²) in [6, 6.07) is 6.82. The van der Waals surface area contributed by atoms with Gasteiger partial charge in [-0.2, -0.15) is 0 Å². The molecule has 1 saturated carbocycles. The van der Waals surface area contributed by atoms with Crippen molar-refractivity contribution in [2.75, 3.05) is 19.6 Å². The van der Waals surface area contributed by atoms with Gasteiger partial charge < -0.3 is 14.7 Å². The van der Waals surface area contributed by atoms with E-state index in [1.54, 1.807) is 24.3 Å². The summed E-state index contributed by atoms with van der Waals surface area (Å²) in [6.45, 7) is 4.07. The maximum Gasteiger partial charge on any atom is 0.348 e. The van der Waals surface area contributed by atoms with Crippen molar-refractivity contribution in [2.45, 2.75) is 57.5 Å². The fraction of sp³-hybridized carbons (Fsp3) is 0.619. The molecule has 1 aromatic carbocycles. The van der Waals surface area contributed by atoms with Crippen LogP contribution >= 0.6 is 0 Å². The Bertz CT molecular complexity index is 643. The molecule has 0 unspecified atom stereocenters. The number of piperidine rings is 1. The van der Waals surface area contributed by atoms with Crippen molar-refractivity contribution < 1.29 is 19.4 Å². The topological polar surface area (TPSA) is 66.8 Å². The van der Waals surface area contributed by atoms with E-state index >= 15 is 0 Å². The molecule has 1 aliphatic carbocycles. The van der Waals surface area contributed by atoms with E-state index in [1.807, 2.05) is 0 Å². The quantitative estimate of drug-likeness (QED) is 0.783. The van der Waals surface area contributed by atoms with Gasteiger partial charge in [-0.3, -0.25) is 4.79 Å². The van der Waals surface area contributed by atoms with E-state index in [-0.39, 0.29) is 5.78 Å². The van der Waals surface area contributed by atoms with Crippen LogP contribution < -0.4 is 4.74 Å². The average molecular weight is 359 g/mol. The van der Waals surface area contributed by atoms with Crippen LogP contribution in [-0.2, 0) is 4.79 Å². The Hall–Kier alpha value is -1.88. The molecule has 1 saturated heterocycles. The van der Waals surface area contributed by atoms with Crippen LogP contribution in [0.4, 0.5) is 0 Å². The van der Waals surface area contributed by atoms with Crippen molar-refractivity contribution in [1.82, 2.24) is 4.90 Å². The van der Waals surface area contributed by atoms with E-state index in [4.69, 9.17) is 4.74 Å². The number of hydrogen-bond acceptors (Lipinski definition) is 4. The summed E-state index contributed by atoms with van der Waals surface area (Å²) in [5.74, 6) is 0.250. The highest BCUT2D eigenvalue weighted by molar-refractivity contribution is 5.94. The summed E-state index contributed by atoms with van der Waals surface area (Å²) in [5.41, 5.74) is -0.656. The third-order valence-corrected chi connectivity index (χ3v) is 5.85. The fourth-order valence-electron chi connectivity index (χ4n) is 4.20. The summed E-state index contributed by atoms with van der Waals surface area (Å²) in [6.07, 6.45) is 7.55. The second kappa shape index (κ2) is 8.21. The summed E-state index contributed by atoms with van der Waals surface area (Å²) in [7, 11) is 0. The molecule has 2 aliphatic rings. The second-order valence-corrected chi connectivity index (χ2v) is 7.79. The van der Waals surface area contributed by atoms with Gasteiger partial charge in [0, 0.05) is 38.0 Å². The first kappa shape index (κ1) is 18.9. The number of rotatable bonds is 6. The van der Waals surface area contributed by atoms with Gasteiger partial charge in [0.15, 0.2) is 5.78 Å². The van der Waals surface area contributed by atoms with Crippen molar-refractivity contribution in [3.05, 3.63) is 29.8 Å². The van der Waals surface area contributed by atoms with Crippen molar-refractivity contribution in [3.8, 4) is 5.75 Å². The van der Waals surface area contributed by atoms with Gasteiger partial charge in [0.2, 0.25) is 5.60 Å². The number of carbonyl (C=O) groups is 2. The summed E-state index contributed by atoms with van der Waals surface area (Å²) in [5, 5.41) is 9.83. The maximum atomic E-state index is 12.0. The van der Waals surface area contributed by atoms with Crippen LogP contribution in [0.25, 0.3) is 0 Å². The number of benzene rings is 1. The zero-order valence-electron chi connectivity index (χ0n) is 15.6. The van der Waals surface area contributed by atoms with Crippen molar-refractivity contribution >= 4 is 11.8 Å². The van der Waals surface area contributed by atoms with Crippen LogP contribution in [0.3, 0.4) is 0 Å². The van der Waals surface area contributed by atoms with Crippen LogP contribution in [0.2, 0.25) is 0 Å². The first-order chi connectivity index (χ1) is 12.5. The molecule has 0 spiro atoms. The Labute approximate surface area is 155 Å². The van der Waals surface area contributed by atoms with Crippen molar-refractivity contribution in [1.29, 1.82) is 0 Å². The van der Waals surface area contributed by atoms with Crippen LogP contribution in [0.5, 0.6) is 5.75 Å². The first-order valence-electron chi connectivity index (χ1n) is 9.74. The first-order valence-corrected chi connectivity index (χ1v) is 9.74. The highest BCUT2D eigenvalue weighted by Crippen LogP contribution is 2.32. The summed E-state index contributed by atoms with van der Waals surface area (Å²) in [4.78, 5) is 25.9. The lowest BCUT2D eigenvalue weighted by Crippen LogP contribution is -2.53. The SMILES string of the molecule is CC(=O)c1cccc(OC2(C(=O)O)CCN(CC3CCCCC3)CC2)c1. The predicted octanol–water partition coefficient (Wildman–Crippen LogP) is 3.77. The van der Waals surface area contributed by atoms with Gasteiger partial charge in [0.25, 0.3) is 0 Å². The van der Waals surface area contributed by atoms with Crippen molar-refractivity contribution in [2.24, 2.45) is 5.92 Å².